The maximum absolute atomic E-state index is 5.86. The van der Waals surface area contributed by atoms with E-state index in [1.54, 1.807) is 17.5 Å². The van der Waals surface area contributed by atoms with Crippen molar-refractivity contribution >= 4 is 28.9 Å². The maximum atomic E-state index is 5.86. The number of rotatable bonds is 6. The van der Waals surface area contributed by atoms with Gasteiger partial charge in [-0.2, -0.15) is 15.0 Å². The van der Waals surface area contributed by atoms with E-state index in [9.17, 15) is 0 Å². The van der Waals surface area contributed by atoms with Crippen molar-refractivity contribution in [1.82, 2.24) is 19.9 Å². The van der Waals surface area contributed by atoms with Gasteiger partial charge in [-0.15, -0.1) is 11.3 Å². The Kier molecular flexibility index (Phi) is 5.08. The summed E-state index contributed by atoms with van der Waals surface area (Å²) in [6.07, 6.45) is 1.78. The molecule has 0 amide bonds. The van der Waals surface area contributed by atoms with Gasteiger partial charge in [-0.25, -0.2) is 4.98 Å². The molecule has 8 heteroatoms. The van der Waals surface area contributed by atoms with E-state index in [0.717, 1.165) is 5.01 Å². The maximum Gasteiger partial charge on any atom is 0.322 e. The third-order valence-electron chi connectivity index (χ3n) is 2.37. The first-order chi connectivity index (χ1) is 9.54. The van der Waals surface area contributed by atoms with Crippen LogP contribution in [0.4, 0.5) is 5.95 Å². The molecular formula is C12H16ClN5OS. The smallest absolute Gasteiger partial charge is 0.322 e. The number of hydrogen-bond acceptors (Lipinski definition) is 7. The second-order valence-corrected chi connectivity index (χ2v) is 5.79. The molecular weight excluding hydrogens is 298 g/mol. The Bertz CT molecular complexity index is 549. The van der Waals surface area contributed by atoms with E-state index in [1.165, 1.54) is 0 Å². The minimum absolute atomic E-state index is 0.0180. The molecule has 1 atom stereocenters. The molecule has 2 heterocycles. The number of aromatic nitrogens is 4. The molecule has 0 aliphatic heterocycles. The Labute approximate surface area is 126 Å². The lowest BCUT2D eigenvalue weighted by atomic mass is 10.2. The number of hydrogen-bond donors (Lipinski definition) is 1. The number of halogens is 1. The first kappa shape index (κ1) is 14.9. The lowest BCUT2D eigenvalue weighted by Crippen LogP contribution is -2.14. The Morgan fingerprint density at radius 2 is 2.10 bits per heavy atom. The summed E-state index contributed by atoms with van der Waals surface area (Å²) in [4.78, 5) is 16.4. The molecule has 2 rings (SSSR count). The molecule has 0 aliphatic rings. The topological polar surface area (TPSA) is 72.8 Å². The van der Waals surface area contributed by atoms with E-state index in [2.05, 4.69) is 32.2 Å². The monoisotopic (exact) mass is 313 g/mol. The van der Waals surface area contributed by atoms with Crippen LogP contribution in [0, 0.1) is 0 Å². The average Bonchev–Trinajstić information content (AvgIpc) is 2.88. The number of nitrogens with one attached hydrogen (secondary N) is 1. The van der Waals surface area contributed by atoms with Crippen LogP contribution >= 0.6 is 22.9 Å². The summed E-state index contributed by atoms with van der Waals surface area (Å²) >= 11 is 7.48. The van der Waals surface area contributed by atoms with Crippen molar-refractivity contribution in [2.75, 3.05) is 11.9 Å². The van der Waals surface area contributed by atoms with Gasteiger partial charge in [0.15, 0.2) is 0 Å². The van der Waals surface area contributed by atoms with Gasteiger partial charge in [0.2, 0.25) is 11.2 Å². The second kappa shape index (κ2) is 6.81. The summed E-state index contributed by atoms with van der Waals surface area (Å²) < 4.78 is 5.42. The van der Waals surface area contributed by atoms with Crippen LogP contribution in [-0.4, -0.2) is 32.6 Å². The molecule has 0 aromatic carbocycles. The minimum atomic E-state index is -0.0180. The van der Waals surface area contributed by atoms with Crippen molar-refractivity contribution in [3.63, 3.8) is 0 Å². The zero-order chi connectivity index (χ0) is 14.5. The van der Waals surface area contributed by atoms with E-state index >= 15 is 0 Å². The lowest BCUT2D eigenvalue weighted by molar-refractivity contribution is 0.222. The second-order valence-electron chi connectivity index (χ2n) is 4.53. The molecule has 0 aliphatic carbocycles. The number of thiazole rings is 1. The third-order valence-corrected chi connectivity index (χ3v) is 3.54. The molecule has 0 saturated carbocycles. The number of anilines is 1. The first-order valence-corrected chi connectivity index (χ1v) is 7.52. The Morgan fingerprint density at radius 3 is 2.75 bits per heavy atom. The quantitative estimate of drug-likeness (QED) is 0.884. The van der Waals surface area contributed by atoms with Crippen LogP contribution in [0.3, 0.4) is 0 Å². The molecule has 6 nitrogen and oxygen atoms in total. The van der Waals surface area contributed by atoms with E-state index in [0.29, 0.717) is 12.5 Å². The van der Waals surface area contributed by atoms with E-state index < -0.39 is 0 Å². The van der Waals surface area contributed by atoms with Gasteiger partial charge in [0.05, 0.1) is 11.1 Å². The van der Waals surface area contributed by atoms with Crippen LogP contribution in [0.1, 0.15) is 31.7 Å². The van der Waals surface area contributed by atoms with E-state index in [-0.39, 0.29) is 23.3 Å². The van der Waals surface area contributed by atoms with Crippen LogP contribution in [0.15, 0.2) is 11.6 Å². The van der Waals surface area contributed by atoms with Crippen LogP contribution < -0.4 is 10.1 Å². The van der Waals surface area contributed by atoms with Crippen molar-refractivity contribution in [3.05, 3.63) is 21.9 Å². The molecule has 1 unspecified atom stereocenters. The largest absolute Gasteiger partial charge is 0.461 e. The van der Waals surface area contributed by atoms with Crippen LogP contribution in [0.25, 0.3) is 0 Å². The highest BCUT2D eigenvalue weighted by Gasteiger charge is 2.11. The van der Waals surface area contributed by atoms with Crippen molar-refractivity contribution in [3.8, 4) is 6.01 Å². The highest BCUT2D eigenvalue weighted by molar-refractivity contribution is 7.09. The number of nitrogens with zero attached hydrogens (tertiary/aromatic N) is 4. The molecule has 0 bridgehead atoms. The van der Waals surface area contributed by atoms with Crippen LogP contribution in [0.2, 0.25) is 5.28 Å². The molecule has 2 aromatic rings. The molecule has 0 saturated heterocycles. The normalized spacial score (nSPS) is 12.4. The Morgan fingerprint density at radius 1 is 1.30 bits per heavy atom. The van der Waals surface area contributed by atoms with Gasteiger partial charge >= 0.3 is 6.01 Å². The number of ether oxygens (including phenoxy) is 1. The highest BCUT2D eigenvalue weighted by atomic mass is 35.5. The van der Waals surface area contributed by atoms with Crippen molar-refractivity contribution in [1.29, 1.82) is 0 Å². The third kappa shape index (κ3) is 4.28. The molecule has 2 aromatic heterocycles. The fourth-order valence-electron chi connectivity index (χ4n) is 1.48. The first-order valence-electron chi connectivity index (χ1n) is 6.26. The summed E-state index contributed by atoms with van der Waals surface area (Å²) in [5, 5.41) is 6.26. The summed E-state index contributed by atoms with van der Waals surface area (Å²) in [6, 6.07) is 0.226. The lowest BCUT2D eigenvalue weighted by Gasteiger charge is -2.12. The van der Waals surface area contributed by atoms with Gasteiger partial charge in [0, 0.05) is 24.0 Å². The predicted molar refractivity (Wildman–Crippen MR) is 79.6 cm³/mol. The summed E-state index contributed by atoms with van der Waals surface area (Å²) in [5.74, 6) is 0.670. The standard InChI is InChI=1S/C12H16ClN5OS/c1-7(2)19-12-17-10(13)16-11(18-12)15-6-8(3)9-14-4-5-20-9/h4-5,7-8H,6H2,1-3H3,(H,15,16,17,18). The van der Waals surface area contributed by atoms with E-state index in [1.807, 2.05) is 19.2 Å². The Hall–Kier alpha value is -1.47. The van der Waals surface area contributed by atoms with Gasteiger partial charge in [-0.3, -0.25) is 0 Å². The summed E-state index contributed by atoms with van der Waals surface area (Å²) in [5.41, 5.74) is 0. The van der Waals surface area contributed by atoms with Crippen molar-refractivity contribution in [2.24, 2.45) is 0 Å². The van der Waals surface area contributed by atoms with Gasteiger partial charge in [0.25, 0.3) is 0 Å². The molecule has 20 heavy (non-hydrogen) atoms. The molecule has 108 valence electrons. The SMILES string of the molecule is CC(C)Oc1nc(Cl)nc(NCC(C)c2nccs2)n1. The fraction of sp³-hybridized carbons (Fsp3) is 0.500. The van der Waals surface area contributed by atoms with Crippen molar-refractivity contribution < 1.29 is 4.74 Å². The zero-order valence-electron chi connectivity index (χ0n) is 11.5. The molecule has 1 N–H and O–H groups in total. The predicted octanol–water partition coefficient (Wildman–Crippen LogP) is 2.98. The highest BCUT2D eigenvalue weighted by Crippen LogP contribution is 2.18. The van der Waals surface area contributed by atoms with Gasteiger partial charge < -0.3 is 10.1 Å². The summed E-state index contributed by atoms with van der Waals surface area (Å²) in [7, 11) is 0. The average molecular weight is 314 g/mol. The summed E-state index contributed by atoms with van der Waals surface area (Å²) in [6.45, 7) is 6.54. The van der Waals surface area contributed by atoms with Crippen molar-refractivity contribution in [2.45, 2.75) is 32.8 Å². The van der Waals surface area contributed by atoms with Gasteiger partial charge in [-0.05, 0) is 25.4 Å². The fourth-order valence-corrected chi connectivity index (χ4v) is 2.33. The van der Waals surface area contributed by atoms with Crippen LogP contribution in [-0.2, 0) is 0 Å². The van der Waals surface area contributed by atoms with E-state index in [4.69, 9.17) is 16.3 Å². The van der Waals surface area contributed by atoms with Gasteiger partial charge in [0.1, 0.15) is 0 Å². The Balaban J connectivity index is 2.00. The molecule has 0 radical (unpaired) electrons. The van der Waals surface area contributed by atoms with Crippen LogP contribution in [0.5, 0.6) is 6.01 Å². The zero-order valence-corrected chi connectivity index (χ0v) is 13.1. The minimum Gasteiger partial charge on any atom is -0.461 e. The van der Waals surface area contributed by atoms with Gasteiger partial charge in [-0.1, -0.05) is 6.92 Å². The molecule has 0 spiro atoms. The molecule has 0 fully saturated rings.